The lowest BCUT2D eigenvalue weighted by Gasteiger charge is -2.31. The first-order valence-electron chi connectivity index (χ1n) is 10.8. The average molecular weight is 443 g/mol. The Bertz CT molecular complexity index is 920. The molecule has 1 aliphatic carbocycles. The highest BCUT2D eigenvalue weighted by Crippen LogP contribution is 2.39. The lowest BCUT2D eigenvalue weighted by atomic mass is 9.70. The minimum absolute atomic E-state index is 0.236. The van der Waals surface area contributed by atoms with E-state index in [1.54, 1.807) is 24.3 Å². The molecule has 0 spiro atoms. The molecule has 1 aromatic carbocycles. The maximum absolute atomic E-state index is 12.8. The van der Waals surface area contributed by atoms with Gasteiger partial charge in [0.25, 0.3) is 5.91 Å². The highest BCUT2D eigenvalue weighted by atomic mass is 16.4. The molecular formula is C24H30N2O6. The molecule has 1 unspecified atom stereocenters. The number of carboxylic acids is 2. The third-order valence-electron chi connectivity index (χ3n) is 5.46. The molecule has 0 aromatic heterocycles. The van der Waals surface area contributed by atoms with Crippen molar-refractivity contribution in [2.75, 3.05) is 13.1 Å². The Morgan fingerprint density at radius 3 is 2.19 bits per heavy atom. The van der Waals surface area contributed by atoms with Gasteiger partial charge in [0, 0.05) is 18.7 Å². The van der Waals surface area contributed by atoms with Crippen LogP contribution in [-0.4, -0.2) is 47.1 Å². The lowest BCUT2D eigenvalue weighted by molar-refractivity contribution is -0.165. The molecule has 0 aliphatic heterocycles. The Hall–Kier alpha value is -3.42. The zero-order chi connectivity index (χ0) is 23.7. The Morgan fingerprint density at radius 1 is 0.969 bits per heavy atom. The molecule has 2 amide bonds. The standard InChI is InChI=1S/C24H30N2O6/c1-3-5-12-25-20(27)18-9-7-8-16(14-18)17-10-11-24(22(29)30,23(31)32)19(15-17)21(28)26-13-6-4-2/h7-11,14-15,19H,3-6,12-13H2,1-2H3,(H,25,27)(H,26,28)(H,29,30)(H,31,32). The van der Waals surface area contributed by atoms with E-state index in [-0.39, 0.29) is 5.91 Å². The summed E-state index contributed by atoms with van der Waals surface area (Å²) in [5.41, 5.74) is -0.929. The van der Waals surface area contributed by atoms with Crippen molar-refractivity contribution < 1.29 is 29.4 Å². The fourth-order valence-corrected chi connectivity index (χ4v) is 3.49. The topological polar surface area (TPSA) is 133 Å². The fraction of sp³-hybridized carbons (Fsp3) is 0.417. The summed E-state index contributed by atoms with van der Waals surface area (Å²) < 4.78 is 0. The number of rotatable bonds is 11. The van der Waals surface area contributed by atoms with Crippen molar-refractivity contribution in [3.05, 3.63) is 53.6 Å². The van der Waals surface area contributed by atoms with Crippen LogP contribution in [0.1, 0.15) is 55.5 Å². The quantitative estimate of drug-likeness (QED) is 0.308. The summed E-state index contributed by atoms with van der Waals surface area (Å²) in [6.07, 6.45) is 7.11. The summed E-state index contributed by atoms with van der Waals surface area (Å²) in [6, 6.07) is 6.70. The van der Waals surface area contributed by atoms with Crippen LogP contribution in [-0.2, 0) is 14.4 Å². The van der Waals surface area contributed by atoms with E-state index in [4.69, 9.17) is 0 Å². The third kappa shape index (κ3) is 5.43. The Morgan fingerprint density at radius 2 is 1.59 bits per heavy atom. The molecule has 32 heavy (non-hydrogen) atoms. The van der Waals surface area contributed by atoms with Crippen molar-refractivity contribution in [2.45, 2.75) is 39.5 Å². The predicted molar refractivity (Wildman–Crippen MR) is 120 cm³/mol. The van der Waals surface area contributed by atoms with Crippen LogP contribution in [0.15, 0.2) is 42.5 Å². The summed E-state index contributed by atoms with van der Waals surface area (Å²) in [4.78, 5) is 49.2. The van der Waals surface area contributed by atoms with E-state index >= 15 is 0 Å². The molecule has 0 radical (unpaired) electrons. The van der Waals surface area contributed by atoms with Crippen molar-refractivity contribution in [2.24, 2.45) is 11.3 Å². The van der Waals surface area contributed by atoms with Gasteiger partial charge in [-0.3, -0.25) is 19.2 Å². The van der Waals surface area contributed by atoms with Gasteiger partial charge in [0.2, 0.25) is 5.91 Å². The van der Waals surface area contributed by atoms with E-state index in [0.29, 0.717) is 36.2 Å². The number of allylic oxidation sites excluding steroid dienone is 2. The van der Waals surface area contributed by atoms with E-state index in [2.05, 4.69) is 10.6 Å². The monoisotopic (exact) mass is 442 g/mol. The second-order valence-electron chi connectivity index (χ2n) is 7.75. The number of unbranched alkanes of at least 4 members (excludes halogenated alkanes) is 2. The van der Waals surface area contributed by atoms with E-state index < -0.39 is 29.2 Å². The van der Waals surface area contributed by atoms with Gasteiger partial charge in [-0.25, -0.2) is 0 Å². The van der Waals surface area contributed by atoms with Crippen molar-refractivity contribution in [3.8, 4) is 0 Å². The van der Waals surface area contributed by atoms with Crippen molar-refractivity contribution in [3.63, 3.8) is 0 Å². The lowest BCUT2D eigenvalue weighted by Crippen LogP contribution is -2.50. The number of amides is 2. The number of carboxylic acid groups (broad SMARTS) is 2. The third-order valence-corrected chi connectivity index (χ3v) is 5.46. The molecule has 1 atom stereocenters. The molecule has 172 valence electrons. The van der Waals surface area contributed by atoms with Crippen LogP contribution < -0.4 is 10.6 Å². The summed E-state index contributed by atoms with van der Waals surface area (Å²) in [6.45, 7) is 4.85. The van der Waals surface area contributed by atoms with Crippen molar-refractivity contribution in [1.29, 1.82) is 0 Å². The second kappa shape index (κ2) is 11.3. The maximum Gasteiger partial charge on any atom is 0.326 e. The molecule has 1 aliphatic rings. The SMILES string of the molecule is CCCCNC(=O)c1cccc(C2=CC(C(=O)NCCCC)C(C(=O)O)(C(=O)O)C=C2)c1. The van der Waals surface area contributed by atoms with Gasteiger partial charge in [0.1, 0.15) is 0 Å². The number of aliphatic carboxylic acids is 2. The van der Waals surface area contributed by atoms with Crippen LogP contribution in [0.5, 0.6) is 0 Å². The normalized spacial score (nSPS) is 16.7. The van der Waals surface area contributed by atoms with Gasteiger partial charge in [-0.05, 0) is 36.1 Å². The summed E-state index contributed by atoms with van der Waals surface area (Å²) in [5.74, 6) is -5.58. The van der Waals surface area contributed by atoms with Crippen LogP contribution in [0.25, 0.3) is 5.57 Å². The van der Waals surface area contributed by atoms with Gasteiger partial charge in [-0.2, -0.15) is 0 Å². The molecule has 0 heterocycles. The first kappa shape index (κ1) is 24.8. The Kier molecular flexibility index (Phi) is 8.75. The molecule has 1 aromatic rings. The molecule has 0 saturated heterocycles. The van der Waals surface area contributed by atoms with Crippen LogP contribution in [0.4, 0.5) is 0 Å². The molecule has 4 N–H and O–H groups in total. The van der Waals surface area contributed by atoms with Gasteiger partial charge in [-0.15, -0.1) is 0 Å². The van der Waals surface area contributed by atoms with Crippen LogP contribution >= 0.6 is 0 Å². The number of nitrogens with one attached hydrogen (secondary N) is 2. The van der Waals surface area contributed by atoms with Crippen LogP contribution in [0, 0.1) is 11.3 Å². The Labute approximate surface area is 187 Å². The summed E-state index contributed by atoms with van der Waals surface area (Å²) in [7, 11) is 0. The minimum atomic E-state index is -2.41. The Balaban J connectivity index is 2.40. The number of benzene rings is 1. The van der Waals surface area contributed by atoms with Gasteiger partial charge in [0.15, 0.2) is 5.41 Å². The molecule has 2 rings (SSSR count). The van der Waals surface area contributed by atoms with Crippen molar-refractivity contribution >= 4 is 29.3 Å². The predicted octanol–water partition coefficient (Wildman–Crippen LogP) is 2.86. The zero-order valence-electron chi connectivity index (χ0n) is 18.4. The number of carbonyl (C=O) groups excluding carboxylic acids is 2. The van der Waals surface area contributed by atoms with E-state index in [1.165, 1.54) is 12.2 Å². The molecular weight excluding hydrogens is 412 g/mol. The van der Waals surface area contributed by atoms with Gasteiger partial charge in [-0.1, -0.05) is 57.0 Å². The summed E-state index contributed by atoms with van der Waals surface area (Å²) >= 11 is 0. The molecule has 0 bridgehead atoms. The molecule has 0 saturated carbocycles. The second-order valence-corrected chi connectivity index (χ2v) is 7.75. The number of hydrogen-bond acceptors (Lipinski definition) is 4. The van der Waals surface area contributed by atoms with E-state index in [9.17, 15) is 29.4 Å². The first-order valence-corrected chi connectivity index (χ1v) is 10.8. The maximum atomic E-state index is 12.8. The van der Waals surface area contributed by atoms with E-state index in [0.717, 1.165) is 25.3 Å². The highest BCUT2D eigenvalue weighted by molar-refractivity contribution is 6.08. The molecule has 8 heteroatoms. The zero-order valence-corrected chi connectivity index (χ0v) is 18.4. The average Bonchev–Trinajstić information content (AvgIpc) is 2.78. The number of carbonyl (C=O) groups is 4. The minimum Gasteiger partial charge on any atom is -0.480 e. The molecule has 8 nitrogen and oxygen atoms in total. The largest absolute Gasteiger partial charge is 0.480 e. The fourth-order valence-electron chi connectivity index (χ4n) is 3.49. The smallest absolute Gasteiger partial charge is 0.326 e. The summed E-state index contributed by atoms with van der Waals surface area (Å²) in [5, 5.41) is 24.9. The van der Waals surface area contributed by atoms with E-state index in [1.807, 2.05) is 13.8 Å². The van der Waals surface area contributed by atoms with Crippen molar-refractivity contribution in [1.82, 2.24) is 10.6 Å². The van der Waals surface area contributed by atoms with Crippen LogP contribution in [0.2, 0.25) is 0 Å². The van der Waals surface area contributed by atoms with Crippen LogP contribution in [0.3, 0.4) is 0 Å². The van der Waals surface area contributed by atoms with Gasteiger partial charge < -0.3 is 20.8 Å². The first-order chi connectivity index (χ1) is 15.3. The highest BCUT2D eigenvalue weighted by Gasteiger charge is 2.54. The molecule has 0 fully saturated rings. The van der Waals surface area contributed by atoms with Gasteiger partial charge in [0.05, 0.1) is 5.92 Å². The number of hydrogen-bond donors (Lipinski definition) is 4. The van der Waals surface area contributed by atoms with Gasteiger partial charge >= 0.3 is 11.9 Å².